The van der Waals surface area contributed by atoms with Crippen molar-refractivity contribution >= 4 is 11.9 Å². The van der Waals surface area contributed by atoms with E-state index in [0.717, 1.165) is 12.8 Å². The van der Waals surface area contributed by atoms with Crippen LogP contribution < -0.4 is 0 Å². The van der Waals surface area contributed by atoms with Crippen molar-refractivity contribution in [3.63, 3.8) is 0 Å². The summed E-state index contributed by atoms with van der Waals surface area (Å²) in [4.78, 5) is 25.1. The molecule has 1 amide bonds. The molecule has 0 aromatic rings. The third-order valence-electron chi connectivity index (χ3n) is 3.02. The van der Waals surface area contributed by atoms with Crippen LogP contribution in [-0.4, -0.2) is 35.0 Å². The van der Waals surface area contributed by atoms with Gasteiger partial charge in [0.2, 0.25) is 5.91 Å². The first-order chi connectivity index (χ1) is 8.79. The molecule has 0 saturated carbocycles. The zero-order valence-corrected chi connectivity index (χ0v) is 13.2. The van der Waals surface area contributed by atoms with Crippen molar-refractivity contribution in [2.24, 2.45) is 0 Å². The molecule has 0 bridgehead atoms. The lowest BCUT2D eigenvalue weighted by Gasteiger charge is -2.31. The fourth-order valence-corrected chi connectivity index (χ4v) is 2.40. The number of hydrogen-bond donors (Lipinski definition) is 0. The van der Waals surface area contributed by atoms with E-state index in [-0.39, 0.29) is 30.1 Å². The number of carbonyl (C=O) groups excluding carboxylic acids is 2. The Balaban J connectivity index is 4.40. The van der Waals surface area contributed by atoms with Crippen molar-refractivity contribution in [3.8, 4) is 0 Å². The number of carbonyl (C=O) groups is 2. The van der Waals surface area contributed by atoms with E-state index in [2.05, 4.69) is 0 Å². The zero-order chi connectivity index (χ0) is 15.0. The lowest BCUT2D eigenvalue weighted by molar-refractivity contribution is -0.148. The predicted octanol–water partition coefficient (Wildman–Crippen LogP) is 3.14. The van der Waals surface area contributed by atoms with Gasteiger partial charge in [0.1, 0.15) is 6.10 Å². The van der Waals surface area contributed by atoms with Crippen molar-refractivity contribution < 1.29 is 14.3 Å². The summed E-state index contributed by atoms with van der Waals surface area (Å²) in [5.74, 6) is -0.131. The Labute approximate surface area is 117 Å². The van der Waals surface area contributed by atoms with E-state index in [9.17, 15) is 9.59 Å². The van der Waals surface area contributed by atoms with E-state index in [0.29, 0.717) is 12.8 Å². The van der Waals surface area contributed by atoms with Gasteiger partial charge in [0.15, 0.2) is 0 Å². The molecule has 0 aromatic carbocycles. The van der Waals surface area contributed by atoms with E-state index in [1.165, 1.54) is 6.92 Å². The minimum absolute atomic E-state index is 0.132. The maximum Gasteiger partial charge on any atom is 0.302 e. The monoisotopic (exact) mass is 271 g/mol. The molecular weight excluding hydrogens is 242 g/mol. The lowest BCUT2D eigenvalue weighted by Crippen LogP contribution is -2.42. The average molecular weight is 271 g/mol. The average Bonchev–Trinajstić information content (AvgIpc) is 2.24. The highest BCUT2D eigenvalue weighted by Gasteiger charge is 2.21. The van der Waals surface area contributed by atoms with Crippen LogP contribution in [-0.2, 0) is 14.3 Å². The van der Waals surface area contributed by atoms with Crippen LogP contribution in [0.15, 0.2) is 0 Å². The summed E-state index contributed by atoms with van der Waals surface area (Å²) in [6.45, 7) is 11.5. The third kappa shape index (κ3) is 7.19. The van der Waals surface area contributed by atoms with Crippen LogP contribution in [0.25, 0.3) is 0 Å². The molecule has 0 spiro atoms. The second-order valence-electron chi connectivity index (χ2n) is 5.55. The number of hydrogen-bond acceptors (Lipinski definition) is 3. The Morgan fingerprint density at radius 2 is 1.58 bits per heavy atom. The SMILES string of the molecule is CCCC(CCC(=O)N(C(C)C)C(C)C)OC(C)=O. The van der Waals surface area contributed by atoms with Crippen LogP contribution in [0.3, 0.4) is 0 Å². The van der Waals surface area contributed by atoms with Crippen LogP contribution in [0.1, 0.15) is 67.2 Å². The molecule has 0 heterocycles. The van der Waals surface area contributed by atoms with Crippen molar-refractivity contribution in [2.75, 3.05) is 0 Å². The van der Waals surface area contributed by atoms with Gasteiger partial charge in [-0.2, -0.15) is 0 Å². The highest BCUT2D eigenvalue weighted by molar-refractivity contribution is 5.76. The van der Waals surface area contributed by atoms with Crippen molar-refractivity contribution in [1.29, 1.82) is 0 Å². The van der Waals surface area contributed by atoms with Gasteiger partial charge in [0, 0.05) is 25.4 Å². The van der Waals surface area contributed by atoms with E-state index in [1.54, 1.807) is 0 Å². The van der Waals surface area contributed by atoms with E-state index >= 15 is 0 Å². The zero-order valence-electron chi connectivity index (χ0n) is 13.2. The van der Waals surface area contributed by atoms with Gasteiger partial charge in [-0.25, -0.2) is 0 Å². The molecule has 0 fully saturated rings. The molecule has 4 nitrogen and oxygen atoms in total. The fraction of sp³-hybridized carbons (Fsp3) is 0.867. The number of nitrogens with zero attached hydrogens (tertiary/aromatic N) is 1. The quantitative estimate of drug-likeness (QED) is 0.637. The van der Waals surface area contributed by atoms with Gasteiger partial charge < -0.3 is 9.64 Å². The summed E-state index contributed by atoms with van der Waals surface area (Å²) in [5.41, 5.74) is 0. The summed E-state index contributed by atoms with van der Waals surface area (Å²) in [6, 6.07) is 0.400. The third-order valence-corrected chi connectivity index (χ3v) is 3.02. The van der Waals surface area contributed by atoms with Crippen LogP contribution in [0.2, 0.25) is 0 Å². The fourth-order valence-electron chi connectivity index (χ4n) is 2.40. The standard InChI is InChI=1S/C15H29NO3/c1-7-8-14(19-13(6)17)9-10-15(18)16(11(2)3)12(4)5/h11-12,14H,7-10H2,1-6H3. The lowest BCUT2D eigenvalue weighted by atomic mass is 10.1. The molecule has 4 heteroatoms. The summed E-state index contributed by atoms with van der Waals surface area (Å²) in [7, 11) is 0. The molecule has 1 unspecified atom stereocenters. The van der Waals surface area contributed by atoms with Gasteiger partial charge in [0.25, 0.3) is 0 Å². The number of ether oxygens (including phenoxy) is 1. The molecule has 1 atom stereocenters. The minimum atomic E-state index is -0.268. The molecule has 0 aliphatic carbocycles. The Hall–Kier alpha value is -1.06. The van der Waals surface area contributed by atoms with Gasteiger partial charge in [-0.1, -0.05) is 13.3 Å². The van der Waals surface area contributed by atoms with E-state index < -0.39 is 0 Å². The molecule has 0 radical (unpaired) electrons. The number of amides is 1. The molecule has 0 aliphatic heterocycles. The molecule has 0 aromatic heterocycles. The summed E-state index contributed by atoms with van der Waals surface area (Å²) < 4.78 is 5.23. The van der Waals surface area contributed by atoms with Gasteiger partial charge in [-0.3, -0.25) is 9.59 Å². The van der Waals surface area contributed by atoms with Crippen LogP contribution in [0, 0.1) is 0 Å². The molecular formula is C15H29NO3. The van der Waals surface area contributed by atoms with Crippen LogP contribution in [0.4, 0.5) is 0 Å². The first-order valence-electron chi connectivity index (χ1n) is 7.27. The van der Waals surface area contributed by atoms with Gasteiger partial charge in [0.05, 0.1) is 0 Å². The Morgan fingerprint density at radius 1 is 1.05 bits per heavy atom. The van der Waals surface area contributed by atoms with Gasteiger partial charge in [-0.15, -0.1) is 0 Å². The Morgan fingerprint density at radius 3 is 1.95 bits per heavy atom. The summed E-state index contributed by atoms with van der Waals surface area (Å²) in [5, 5.41) is 0. The second-order valence-corrected chi connectivity index (χ2v) is 5.55. The smallest absolute Gasteiger partial charge is 0.302 e. The van der Waals surface area contributed by atoms with Crippen LogP contribution >= 0.6 is 0 Å². The van der Waals surface area contributed by atoms with Crippen molar-refractivity contribution in [2.45, 2.75) is 85.4 Å². The molecule has 0 saturated heterocycles. The highest BCUT2D eigenvalue weighted by Crippen LogP contribution is 2.14. The van der Waals surface area contributed by atoms with Gasteiger partial charge in [-0.05, 0) is 40.5 Å². The largest absolute Gasteiger partial charge is 0.463 e. The van der Waals surface area contributed by atoms with Gasteiger partial charge >= 0.3 is 5.97 Å². The predicted molar refractivity (Wildman–Crippen MR) is 76.8 cm³/mol. The van der Waals surface area contributed by atoms with E-state index in [4.69, 9.17) is 4.74 Å². The minimum Gasteiger partial charge on any atom is -0.463 e. The Kier molecular flexibility index (Phi) is 8.44. The maximum absolute atomic E-state index is 12.2. The number of esters is 1. The molecule has 0 aliphatic rings. The van der Waals surface area contributed by atoms with Crippen LogP contribution in [0.5, 0.6) is 0 Å². The maximum atomic E-state index is 12.2. The first-order valence-corrected chi connectivity index (χ1v) is 7.27. The topological polar surface area (TPSA) is 46.6 Å². The summed E-state index contributed by atoms with van der Waals surface area (Å²) in [6.07, 6.45) is 2.68. The van der Waals surface area contributed by atoms with Crippen molar-refractivity contribution in [3.05, 3.63) is 0 Å². The molecule has 0 rings (SSSR count). The second kappa shape index (κ2) is 8.94. The highest BCUT2D eigenvalue weighted by atomic mass is 16.5. The Bertz CT molecular complexity index is 279. The number of rotatable bonds is 8. The molecule has 0 N–H and O–H groups in total. The van der Waals surface area contributed by atoms with Crippen molar-refractivity contribution in [1.82, 2.24) is 4.90 Å². The van der Waals surface area contributed by atoms with E-state index in [1.807, 2.05) is 39.5 Å². The normalized spacial score (nSPS) is 12.6. The summed E-state index contributed by atoms with van der Waals surface area (Å²) >= 11 is 0. The molecule has 19 heavy (non-hydrogen) atoms. The molecule has 112 valence electrons. The first kappa shape index (κ1) is 17.9.